The molecule has 148 valence electrons. The van der Waals surface area contributed by atoms with E-state index in [0.29, 0.717) is 5.56 Å². The summed E-state index contributed by atoms with van der Waals surface area (Å²) in [4.78, 5) is 23.1. The molecule has 1 heterocycles. The number of nitrogens with one attached hydrogen (secondary N) is 2. The van der Waals surface area contributed by atoms with Crippen LogP contribution in [0, 0.1) is 0 Å². The Labute approximate surface area is 161 Å². The molecule has 1 saturated heterocycles. The highest BCUT2D eigenvalue weighted by Crippen LogP contribution is 2.34. The van der Waals surface area contributed by atoms with Gasteiger partial charge < -0.3 is 15.5 Å². The minimum Gasteiger partial charge on any atom is -0.506 e. The lowest BCUT2D eigenvalue weighted by Crippen LogP contribution is -2.29. The molecule has 2 aromatic rings. The van der Waals surface area contributed by atoms with E-state index in [4.69, 9.17) is 5.11 Å². The van der Waals surface area contributed by atoms with Crippen LogP contribution >= 0.6 is 0 Å². The van der Waals surface area contributed by atoms with Gasteiger partial charge in [0.25, 0.3) is 5.91 Å². The van der Waals surface area contributed by atoms with Gasteiger partial charge in [-0.25, -0.2) is 9.03 Å². The van der Waals surface area contributed by atoms with Crippen LogP contribution in [0.4, 0.5) is 5.69 Å². The number of amides is 2. The minimum absolute atomic E-state index is 0.00306. The number of hydrogen-bond acceptors (Lipinski definition) is 6. The van der Waals surface area contributed by atoms with Crippen molar-refractivity contribution in [3.8, 4) is 16.9 Å². The van der Waals surface area contributed by atoms with E-state index >= 15 is 0 Å². The number of aliphatic hydroxyl groups is 1. The Morgan fingerprint density at radius 1 is 1.14 bits per heavy atom. The fourth-order valence-electron chi connectivity index (χ4n) is 2.82. The summed E-state index contributed by atoms with van der Waals surface area (Å²) in [5, 5.41) is 21.4. The van der Waals surface area contributed by atoms with Gasteiger partial charge in [-0.2, -0.15) is 8.42 Å². The summed E-state index contributed by atoms with van der Waals surface area (Å²) in [5.74, 6) is -1.14. The second-order valence-electron chi connectivity index (χ2n) is 6.19. The number of carbonyl (C=O) groups is 2. The zero-order valence-corrected chi connectivity index (χ0v) is 15.6. The molecule has 0 aliphatic carbocycles. The number of carbonyl (C=O) groups excluding carboxylic acids is 2. The Bertz CT molecular complexity index is 1000. The van der Waals surface area contributed by atoms with Crippen molar-refractivity contribution in [2.75, 3.05) is 24.0 Å². The lowest BCUT2D eigenvalue weighted by molar-refractivity contribution is -0.120. The Morgan fingerprint density at radius 2 is 1.82 bits per heavy atom. The van der Waals surface area contributed by atoms with E-state index in [0.717, 1.165) is 15.4 Å². The van der Waals surface area contributed by atoms with E-state index in [-0.39, 0.29) is 36.9 Å². The number of nitrogens with zero attached hydrogens (tertiary/aromatic N) is 1. The van der Waals surface area contributed by atoms with Gasteiger partial charge in [0, 0.05) is 6.54 Å². The molecule has 2 aromatic carbocycles. The molecule has 1 aliphatic heterocycles. The van der Waals surface area contributed by atoms with E-state index in [2.05, 4.69) is 5.32 Å². The van der Waals surface area contributed by atoms with Crippen LogP contribution in [0.1, 0.15) is 5.56 Å². The molecule has 28 heavy (non-hydrogen) atoms. The first-order valence-corrected chi connectivity index (χ1v) is 9.87. The van der Waals surface area contributed by atoms with Crippen molar-refractivity contribution in [2.24, 2.45) is 0 Å². The first-order valence-electron chi connectivity index (χ1n) is 8.43. The fourth-order valence-corrected chi connectivity index (χ4v) is 3.98. The number of anilines is 1. The quantitative estimate of drug-likeness (QED) is 0.530. The average Bonchev–Trinajstić information content (AvgIpc) is 2.93. The molecule has 0 unspecified atom stereocenters. The molecular formula is C18H19N3O6S. The van der Waals surface area contributed by atoms with Crippen molar-refractivity contribution in [2.45, 2.75) is 6.42 Å². The molecule has 1 fully saturated rings. The predicted molar refractivity (Wildman–Crippen MR) is 102 cm³/mol. The SMILES string of the molecule is O=C(Cc1ccc(-c2ccc(O)c(N3CC(=O)NS3(=O)=O)c2)cc1)NCCO. The third-order valence-corrected chi connectivity index (χ3v) is 5.54. The van der Waals surface area contributed by atoms with E-state index < -0.39 is 22.7 Å². The number of aliphatic hydroxyl groups excluding tert-OH is 1. The summed E-state index contributed by atoms with van der Waals surface area (Å²) >= 11 is 0. The van der Waals surface area contributed by atoms with Crippen molar-refractivity contribution in [1.82, 2.24) is 10.0 Å². The van der Waals surface area contributed by atoms with Gasteiger partial charge in [0.1, 0.15) is 12.3 Å². The van der Waals surface area contributed by atoms with Crippen LogP contribution in [0.2, 0.25) is 0 Å². The zero-order valence-electron chi connectivity index (χ0n) is 14.8. The standard InChI is InChI=1S/C18H19N3O6S/c22-8-7-19-17(24)9-12-1-3-13(4-2-12)14-5-6-16(23)15(10-14)21-11-18(25)20-28(21,26)27/h1-6,10,22-23H,7-9,11H2,(H,19,24)(H,20,25). The third-order valence-electron chi connectivity index (χ3n) is 4.15. The smallest absolute Gasteiger partial charge is 0.326 e. The number of aromatic hydroxyl groups is 1. The number of rotatable bonds is 6. The molecular weight excluding hydrogens is 386 g/mol. The summed E-state index contributed by atoms with van der Waals surface area (Å²) in [6.45, 7) is -0.326. The molecule has 0 atom stereocenters. The lowest BCUT2D eigenvalue weighted by atomic mass is 10.0. The average molecular weight is 405 g/mol. The third kappa shape index (κ3) is 4.24. The molecule has 0 saturated carbocycles. The number of benzene rings is 2. The first-order chi connectivity index (χ1) is 13.3. The van der Waals surface area contributed by atoms with E-state index in [9.17, 15) is 23.1 Å². The Balaban J connectivity index is 1.83. The second kappa shape index (κ2) is 7.87. The molecule has 3 rings (SSSR count). The van der Waals surface area contributed by atoms with Crippen molar-refractivity contribution in [3.05, 3.63) is 48.0 Å². The zero-order chi connectivity index (χ0) is 20.3. The number of phenolic OH excluding ortho intramolecular Hbond substituents is 1. The van der Waals surface area contributed by atoms with Gasteiger partial charge in [-0.15, -0.1) is 0 Å². The van der Waals surface area contributed by atoms with Gasteiger partial charge >= 0.3 is 10.2 Å². The molecule has 10 heteroatoms. The van der Waals surface area contributed by atoms with Crippen molar-refractivity contribution in [1.29, 1.82) is 0 Å². The Morgan fingerprint density at radius 3 is 2.43 bits per heavy atom. The van der Waals surface area contributed by atoms with E-state index in [1.165, 1.54) is 12.1 Å². The van der Waals surface area contributed by atoms with Crippen LogP contribution in [-0.4, -0.2) is 50.1 Å². The van der Waals surface area contributed by atoms with Crippen LogP contribution < -0.4 is 14.3 Å². The number of hydrogen-bond donors (Lipinski definition) is 4. The van der Waals surface area contributed by atoms with Gasteiger partial charge in [-0.05, 0) is 28.8 Å². The highest BCUT2D eigenvalue weighted by Gasteiger charge is 2.35. The maximum atomic E-state index is 12.0. The lowest BCUT2D eigenvalue weighted by Gasteiger charge is -2.17. The second-order valence-corrected chi connectivity index (χ2v) is 7.78. The highest BCUT2D eigenvalue weighted by atomic mass is 32.2. The largest absolute Gasteiger partial charge is 0.506 e. The van der Waals surface area contributed by atoms with Crippen LogP contribution in [0.25, 0.3) is 11.1 Å². The Kier molecular flexibility index (Phi) is 5.52. The topological polar surface area (TPSA) is 136 Å². The van der Waals surface area contributed by atoms with Crippen LogP contribution in [-0.2, 0) is 26.2 Å². The monoisotopic (exact) mass is 405 g/mol. The summed E-state index contributed by atoms with van der Waals surface area (Å²) < 4.78 is 26.7. The highest BCUT2D eigenvalue weighted by molar-refractivity contribution is 7.92. The summed E-state index contributed by atoms with van der Waals surface area (Å²) in [5.41, 5.74) is 2.16. The van der Waals surface area contributed by atoms with Gasteiger partial charge in [0.05, 0.1) is 18.7 Å². The molecule has 0 radical (unpaired) electrons. The molecule has 1 aliphatic rings. The molecule has 2 amide bonds. The molecule has 0 spiro atoms. The maximum absolute atomic E-state index is 12.0. The van der Waals surface area contributed by atoms with Crippen LogP contribution in [0.3, 0.4) is 0 Å². The number of phenols is 1. The Hall–Kier alpha value is -3.11. The molecule has 0 bridgehead atoms. The summed E-state index contributed by atoms with van der Waals surface area (Å²) in [7, 11) is -4.03. The fraction of sp³-hybridized carbons (Fsp3) is 0.222. The predicted octanol–water partition coefficient (Wildman–Crippen LogP) is -0.109. The van der Waals surface area contributed by atoms with E-state index in [1.807, 2.05) is 4.72 Å². The van der Waals surface area contributed by atoms with Crippen molar-refractivity contribution < 1.29 is 28.2 Å². The van der Waals surface area contributed by atoms with Crippen molar-refractivity contribution >= 4 is 27.7 Å². The van der Waals surface area contributed by atoms with Crippen LogP contribution in [0.5, 0.6) is 5.75 Å². The molecule has 9 nitrogen and oxygen atoms in total. The maximum Gasteiger partial charge on any atom is 0.326 e. The van der Waals surface area contributed by atoms with Crippen LogP contribution in [0.15, 0.2) is 42.5 Å². The summed E-state index contributed by atoms with van der Waals surface area (Å²) in [6.07, 6.45) is 0.168. The van der Waals surface area contributed by atoms with Gasteiger partial charge in [-0.3, -0.25) is 9.59 Å². The summed E-state index contributed by atoms with van der Waals surface area (Å²) in [6, 6.07) is 11.5. The molecule has 4 N–H and O–H groups in total. The van der Waals surface area contributed by atoms with Gasteiger partial charge in [-0.1, -0.05) is 30.3 Å². The van der Waals surface area contributed by atoms with Gasteiger partial charge in [0.2, 0.25) is 5.91 Å². The van der Waals surface area contributed by atoms with Crippen molar-refractivity contribution in [3.63, 3.8) is 0 Å². The normalized spacial score (nSPS) is 15.3. The van der Waals surface area contributed by atoms with E-state index in [1.54, 1.807) is 30.3 Å². The first kappa shape index (κ1) is 19.6. The minimum atomic E-state index is -4.03. The molecule has 0 aromatic heterocycles. The van der Waals surface area contributed by atoms with Gasteiger partial charge in [0.15, 0.2) is 0 Å².